The number of aliphatic hydroxyl groups excluding tert-OH is 1. The van der Waals surface area contributed by atoms with Crippen LogP contribution in [0, 0.1) is 12.3 Å². The van der Waals surface area contributed by atoms with Gasteiger partial charge in [-0.15, -0.1) is 11.3 Å². The van der Waals surface area contributed by atoms with Gasteiger partial charge in [0.2, 0.25) is 11.8 Å². The number of carboxylic acid groups (broad SMARTS) is 1. The molecule has 0 saturated carbocycles. The quantitative estimate of drug-likeness (QED) is 0.453. The molecular formula is C24H31F3N4O5S. The maximum atomic E-state index is 12.8. The van der Waals surface area contributed by atoms with E-state index in [0.717, 1.165) is 21.7 Å². The van der Waals surface area contributed by atoms with E-state index >= 15 is 0 Å². The first kappa shape index (κ1) is 30.2. The Morgan fingerprint density at radius 3 is 2.24 bits per heavy atom. The van der Waals surface area contributed by atoms with E-state index in [1.807, 2.05) is 57.5 Å². The van der Waals surface area contributed by atoms with Crippen molar-refractivity contribution >= 4 is 29.1 Å². The molecule has 1 fully saturated rings. The van der Waals surface area contributed by atoms with E-state index in [9.17, 15) is 27.9 Å². The van der Waals surface area contributed by atoms with E-state index in [2.05, 4.69) is 10.3 Å². The SMILES string of the molecule is Cc1ncsc1-c1ccc(CNC(=O)C2CC(O)CN2C(=O)C(N)C(C)(C)C)cc1.O=C(O)C(F)(F)F. The van der Waals surface area contributed by atoms with Crippen molar-refractivity contribution in [3.05, 3.63) is 41.0 Å². The molecule has 0 radical (unpaired) electrons. The summed E-state index contributed by atoms with van der Waals surface area (Å²) in [5.41, 5.74) is 10.6. The fourth-order valence-electron chi connectivity index (χ4n) is 3.51. The maximum Gasteiger partial charge on any atom is 0.490 e. The largest absolute Gasteiger partial charge is 0.490 e. The zero-order valence-corrected chi connectivity index (χ0v) is 21.7. The molecule has 1 aromatic carbocycles. The number of β-amino-alcohol motifs (C(OH)–C–C–N with tert-alkyl or cyclic N) is 1. The minimum Gasteiger partial charge on any atom is -0.475 e. The van der Waals surface area contributed by atoms with Crippen LogP contribution < -0.4 is 11.1 Å². The summed E-state index contributed by atoms with van der Waals surface area (Å²) in [5.74, 6) is -3.33. The van der Waals surface area contributed by atoms with Crippen LogP contribution in [0.2, 0.25) is 0 Å². The highest BCUT2D eigenvalue weighted by Gasteiger charge is 2.42. The summed E-state index contributed by atoms with van der Waals surface area (Å²) in [6.07, 6.45) is -5.59. The van der Waals surface area contributed by atoms with Crippen molar-refractivity contribution < 1.29 is 37.8 Å². The zero-order valence-electron chi connectivity index (χ0n) is 20.9. The van der Waals surface area contributed by atoms with Crippen LogP contribution in [0.15, 0.2) is 29.8 Å². The van der Waals surface area contributed by atoms with Crippen molar-refractivity contribution in [2.45, 2.75) is 65.0 Å². The molecular weight excluding hydrogens is 513 g/mol. The second-order valence-corrected chi connectivity index (χ2v) is 10.6. The third kappa shape index (κ3) is 8.23. The standard InChI is InChI=1S/C22H30N4O3S.C2HF3O2/c1-13-18(30-12-25-13)15-7-5-14(6-8-15)10-24-20(28)17-9-16(27)11-26(17)21(29)19(23)22(2,3)4;3-2(4,5)1(6)7/h5-8,12,16-17,19,27H,9-11,23H2,1-4H3,(H,24,28);(H,6,7). The molecule has 5 N–H and O–H groups in total. The third-order valence-corrected chi connectivity index (χ3v) is 6.71. The van der Waals surface area contributed by atoms with E-state index in [1.165, 1.54) is 4.90 Å². The van der Waals surface area contributed by atoms with Crippen molar-refractivity contribution in [1.82, 2.24) is 15.2 Å². The number of aromatic nitrogens is 1. The van der Waals surface area contributed by atoms with Crippen molar-refractivity contribution in [2.24, 2.45) is 11.1 Å². The molecule has 3 rings (SSSR count). The van der Waals surface area contributed by atoms with Gasteiger partial charge in [-0.25, -0.2) is 9.78 Å². The van der Waals surface area contributed by atoms with E-state index in [-0.39, 0.29) is 24.8 Å². The molecule has 204 valence electrons. The van der Waals surface area contributed by atoms with Crippen LogP contribution in [0.4, 0.5) is 13.2 Å². The number of halogens is 3. The second kappa shape index (κ2) is 12.0. The van der Waals surface area contributed by atoms with Gasteiger partial charge in [0.05, 0.1) is 28.2 Å². The lowest BCUT2D eigenvalue weighted by molar-refractivity contribution is -0.192. The summed E-state index contributed by atoms with van der Waals surface area (Å²) in [5, 5.41) is 20.1. The zero-order chi connectivity index (χ0) is 28.1. The molecule has 1 aliphatic heterocycles. The van der Waals surface area contributed by atoms with Crippen LogP contribution in [0.1, 0.15) is 38.4 Å². The van der Waals surface area contributed by atoms with Crippen molar-refractivity contribution in [1.29, 1.82) is 0 Å². The molecule has 1 aliphatic rings. The van der Waals surface area contributed by atoms with Gasteiger partial charge in [-0.2, -0.15) is 13.2 Å². The topological polar surface area (TPSA) is 146 Å². The average molecular weight is 545 g/mol. The molecule has 0 aliphatic carbocycles. The van der Waals surface area contributed by atoms with Crippen molar-refractivity contribution in [2.75, 3.05) is 6.54 Å². The highest BCUT2D eigenvalue weighted by Crippen LogP contribution is 2.27. The number of aryl methyl sites for hydroxylation is 1. The maximum absolute atomic E-state index is 12.8. The fraction of sp³-hybridized carbons (Fsp3) is 0.500. The Morgan fingerprint density at radius 1 is 1.22 bits per heavy atom. The lowest BCUT2D eigenvalue weighted by atomic mass is 9.86. The molecule has 2 amide bonds. The van der Waals surface area contributed by atoms with Gasteiger partial charge < -0.3 is 26.2 Å². The smallest absolute Gasteiger partial charge is 0.475 e. The van der Waals surface area contributed by atoms with Crippen molar-refractivity contribution in [3.63, 3.8) is 0 Å². The molecule has 2 heterocycles. The number of carbonyl (C=O) groups is 3. The Bertz CT molecular complexity index is 1100. The summed E-state index contributed by atoms with van der Waals surface area (Å²) >= 11 is 1.60. The minimum absolute atomic E-state index is 0.129. The number of nitrogens with zero attached hydrogens (tertiary/aromatic N) is 2. The van der Waals surface area contributed by atoms with Gasteiger partial charge in [-0.05, 0) is 23.5 Å². The lowest BCUT2D eigenvalue weighted by Gasteiger charge is -2.32. The number of hydrogen-bond acceptors (Lipinski definition) is 7. The van der Waals surface area contributed by atoms with E-state index in [0.29, 0.717) is 6.54 Å². The first-order chi connectivity index (χ1) is 17.0. The second-order valence-electron chi connectivity index (χ2n) is 9.72. The van der Waals surface area contributed by atoms with Gasteiger partial charge in [0.1, 0.15) is 6.04 Å². The summed E-state index contributed by atoms with van der Waals surface area (Å²) in [6, 6.07) is 6.52. The monoisotopic (exact) mass is 544 g/mol. The number of likely N-dealkylation sites (tertiary alicyclic amines) is 1. The number of alkyl halides is 3. The first-order valence-corrected chi connectivity index (χ1v) is 12.2. The number of rotatable bonds is 5. The Morgan fingerprint density at radius 2 is 1.78 bits per heavy atom. The Kier molecular flexibility index (Phi) is 9.80. The molecule has 13 heteroatoms. The van der Waals surface area contributed by atoms with Crippen LogP contribution in [0.25, 0.3) is 10.4 Å². The van der Waals surface area contributed by atoms with Crippen molar-refractivity contribution in [3.8, 4) is 10.4 Å². The van der Waals surface area contributed by atoms with Gasteiger partial charge in [0.25, 0.3) is 0 Å². The number of nitrogens with one attached hydrogen (secondary N) is 1. The predicted molar refractivity (Wildman–Crippen MR) is 131 cm³/mol. The molecule has 37 heavy (non-hydrogen) atoms. The van der Waals surface area contributed by atoms with Gasteiger partial charge in [0, 0.05) is 19.5 Å². The number of amides is 2. The average Bonchev–Trinajstić information content (AvgIpc) is 3.41. The minimum atomic E-state index is -5.08. The van der Waals surface area contributed by atoms with Crippen LogP contribution >= 0.6 is 11.3 Å². The number of aliphatic carboxylic acids is 1. The number of aliphatic hydroxyl groups is 1. The van der Waals surface area contributed by atoms with Crippen LogP contribution in [0.3, 0.4) is 0 Å². The molecule has 1 aromatic heterocycles. The lowest BCUT2D eigenvalue weighted by Crippen LogP contribution is -2.54. The van der Waals surface area contributed by atoms with Crippen LogP contribution in [0.5, 0.6) is 0 Å². The first-order valence-electron chi connectivity index (χ1n) is 11.3. The Hall–Kier alpha value is -3.03. The third-order valence-electron chi connectivity index (χ3n) is 5.73. The normalized spacial score (nSPS) is 18.6. The van der Waals surface area contributed by atoms with Crippen LogP contribution in [-0.2, 0) is 20.9 Å². The predicted octanol–water partition coefficient (Wildman–Crippen LogP) is 2.70. The Balaban J connectivity index is 0.000000604. The number of carboxylic acids is 1. The molecule has 3 atom stereocenters. The number of benzene rings is 1. The van der Waals surface area contributed by atoms with Crippen LogP contribution in [-0.4, -0.2) is 68.8 Å². The fourth-order valence-corrected chi connectivity index (χ4v) is 4.33. The number of hydrogen-bond donors (Lipinski definition) is 4. The molecule has 3 unspecified atom stereocenters. The summed E-state index contributed by atoms with van der Waals surface area (Å²) in [6.45, 7) is 8.11. The van der Waals surface area contributed by atoms with Gasteiger partial charge in [0.15, 0.2) is 0 Å². The van der Waals surface area contributed by atoms with Gasteiger partial charge in [-0.3, -0.25) is 9.59 Å². The van der Waals surface area contributed by atoms with E-state index in [4.69, 9.17) is 15.6 Å². The number of nitrogens with two attached hydrogens (primary N) is 1. The number of carbonyl (C=O) groups excluding carboxylic acids is 2. The molecule has 0 spiro atoms. The summed E-state index contributed by atoms with van der Waals surface area (Å²) in [7, 11) is 0. The summed E-state index contributed by atoms with van der Waals surface area (Å²) < 4.78 is 31.7. The highest BCUT2D eigenvalue weighted by molar-refractivity contribution is 7.13. The number of thiazole rings is 1. The molecule has 1 saturated heterocycles. The van der Waals surface area contributed by atoms with E-state index < -0.39 is 35.7 Å². The van der Waals surface area contributed by atoms with Gasteiger partial charge >= 0.3 is 12.1 Å². The highest BCUT2D eigenvalue weighted by atomic mass is 32.1. The molecule has 2 aromatic rings. The summed E-state index contributed by atoms with van der Waals surface area (Å²) in [4.78, 5) is 41.3. The molecule has 0 bridgehead atoms. The Labute approximate surface area is 216 Å². The molecule has 9 nitrogen and oxygen atoms in total. The van der Waals surface area contributed by atoms with E-state index in [1.54, 1.807) is 11.3 Å². The van der Waals surface area contributed by atoms with Gasteiger partial charge in [-0.1, -0.05) is 45.0 Å².